The number of hydrogen-bond donors (Lipinski definition) is 3. The molecule has 0 atom stereocenters. The van der Waals surface area contributed by atoms with Gasteiger partial charge in [-0.3, -0.25) is 9.78 Å². The van der Waals surface area contributed by atoms with Crippen LogP contribution < -0.4 is 16.6 Å². The van der Waals surface area contributed by atoms with Crippen LogP contribution in [0, 0.1) is 0 Å². The molecule has 0 saturated heterocycles. The van der Waals surface area contributed by atoms with Gasteiger partial charge in [-0.2, -0.15) is 0 Å². The number of halogens is 1. The monoisotopic (exact) mass is 318 g/mol. The largest absolute Gasteiger partial charge is 0.444 e. The SMILES string of the molecule is CC(C)(C)OC(=O)NCc1nc(N)[nH]c(=O)c1Br. The molecule has 0 aliphatic heterocycles. The summed E-state index contributed by atoms with van der Waals surface area (Å²) in [4.78, 5) is 29.0. The number of aromatic amines is 1. The Kier molecular flexibility index (Phi) is 4.33. The van der Waals surface area contributed by atoms with Gasteiger partial charge >= 0.3 is 6.09 Å². The highest BCUT2D eigenvalue weighted by Crippen LogP contribution is 2.10. The molecule has 1 aromatic heterocycles. The van der Waals surface area contributed by atoms with E-state index in [0.717, 1.165) is 0 Å². The maximum Gasteiger partial charge on any atom is 0.407 e. The quantitative estimate of drug-likeness (QED) is 0.757. The molecule has 0 saturated carbocycles. The summed E-state index contributed by atoms with van der Waals surface area (Å²) in [5.74, 6) is -0.0100. The lowest BCUT2D eigenvalue weighted by Crippen LogP contribution is -2.33. The molecule has 0 spiro atoms. The smallest absolute Gasteiger partial charge is 0.407 e. The number of carbonyl (C=O) groups excluding carboxylic acids is 1. The van der Waals surface area contributed by atoms with E-state index in [1.165, 1.54) is 0 Å². The van der Waals surface area contributed by atoms with E-state index in [0.29, 0.717) is 5.69 Å². The van der Waals surface area contributed by atoms with Crippen molar-refractivity contribution in [3.63, 3.8) is 0 Å². The molecule has 0 unspecified atom stereocenters. The minimum atomic E-state index is -0.588. The highest BCUT2D eigenvalue weighted by molar-refractivity contribution is 9.10. The first kappa shape index (κ1) is 14.5. The third kappa shape index (κ3) is 4.36. The standard InChI is InChI=1S/C10H15BrN4O3/c1-10(2,3)18-9(17)13-4-5-6(11)7(16)15-8(12)14-5/h4H2,1-3H3,(H,13,17)(H3,12,14,15,16). The van der Waals surface area contributed by atoms with Crippen LogP contribution in [0.2, 0.25) is 0 Å². The van der Waals surface area contributed by atoms with Crippen molar-refractivity contribution >= 4 is 28.0 Å². The minimum Gasteiger partial charge on any atom is -0.444 e. The van der Waals surface area contributed by atoms with Gasteiger partial charge in [0.05, 0.1) is 12.2 Å². The van der Waals surface area contributed by atoms with Crippen molar-refractivity contribution in [3.8, 4) is 0 Å². The summed E-state index contributed by atoms with van der Waals surface area (Å²) < 4.78 is 5.28. The zero-order valence-electron chi connectivity index (χ0n) is 10.3. The summed E-state index contributed by atoms with van der Waals surface area (Å²) in [6, 6.07) is 0. The van der Waals surface area contributed by atoms with Gasteiger partial charge in [-0.25, -0.2) is 9.78 Å². The summed E-state index contributed by atoms with van der Waals surface area (Å²) in [5.41, 5.74) is 4.76. The molecule has 7 nitrogen and oxygen atoms in total. The number of amides is 1. The zero-order chi connectivity index (χ0) is 13.9. The first-order valence-electron chi connectivity index (χ1n) is 5.20. The molecule has 0 aliphatic rings. The van der Waals surface area contributed by atoms with E-state index in [9.17, 15) is 9.59 Å². The number of anilines is 1. The summed E-state index contributed by atoms with van der Waals surface area (Å²) in [5, 5.41) is 2.49. The van der Waals surface area contributed by atoms with E-state index >= 15 is 0 Å². The van der Waals surface area contributed by atoms with E-state index < -0.39 is 17.3 Å². The number of ether oxygens (including phenoxy) is 1. The number of alkyl carbamates (subject to hydrolysis) is 1. The third-order valence-corrected chi connectivity index (χ3v) is 2.57. The van der Waals surface area contributed by atoms with Gasteiger partial charge < -0.3 is 15.8 Å². The highest BCUT2D eigenvalue weighted by atomic mass is 79.9. The predicted molar refractivity (Wildman–Crippen MR) is 70.0 cm³/mol. The molecule has 18 heavy (non-hydrogen) atoms. The maximum atomic E-state index is 11.4. The number of rotatable bonds is 2. The molecule has 0 aromatic carbocycles. The zero-order valence-corrected chi connectivity index (χ0v) is 11.9. The van der Waals surface area contributed by atoms with Gasteiger partial charge in [-0.1, -0.05) is 0 Å². The average Bonchev–Trinajstić information content (AvgIpc) is 2.18. The Labute approximate surface area is 112 Å². The van der Waals surface area contributed by atoms with Crippen LogP contribution in [0.25, 0.3) is 0 Å². The van der Waals surface area contributed by atoms with Crippen molar-refractivity contribution < 1.29 is 9.53 Å². The van der Waals surface area contributed by atoms with Crippen LogP contribution in [0.1, 0.15) is 26.5 Å². The third-order valence-electron chi connectivity index (χ3n) is 1.75. The molecule has 100 valence electrons. The van der Waals surface area contributed by atoms with E-state index in [1.54, 1.807) is 20.8 Å². The van der Waals surface area contributed by atoms with E-state index in [-0.39, 0.29) is 17.0 Å². The fourth-order valence-corrected chi connectivity index (χ4v) is 1.44. The Bertz CT molecular complexity index is 507. The van der Waals surface area contributed by atoms with Crippen molar-refractivity contribution in [1.29, 1.82) is 0 Å². The Morgan fingerprint density at radius 1 is 1.56 bits per heavy atom. The fraction of sp³-hybridized carbons (Fsp3) is 0.500. The number of aromatic nitrogens is 2. The molecule has 8 heteroatoms. The molecule has 4 N–H and O–H groups in total. The highest BCUT2D eigenvalue weighted by Gasteiger charge is 2.16. The second-order valence-electron chi connectivity index (χ2n) is 4.57. The van der Waals surface area contributed by atoms with Crippen LogP contribution in [0.15, 0.2) is 9.27 Å². The Balaban J connectivity index is 2.70. The van der Waals surface area contributed by atoms with Crippen LogP contribution in [0.4, 0.5) is 10.7 Å². The van der Waals surface area contributed by atoms with E-state index in [4.69, 9.17) is 10.5 Å². The molecule has 0 radical (unpaired) electrons. The van der Waals surface area contributed by atoms with Gasteiger partial charge in [0.2, 0.25) is 5.95 Å². The number of hydrogen-bond acceptors (Lipinski definition) is 5. The van der Waals surface area contributed by atoms with Crippen molar-refractivity contribution in [3.05, 3.63) is 20.5 Å². The van der Waals surface area contributed by atoms with Gasteiger partial charge in [0.15, 0.2) is 0 Å². The van der Waals surface area contributed by atoms with Crippen LogP contribution >= 0.6 is 15.9 Å². The number of nitrogens with two attached hydrogens (primary N) is 1. The molecule has 1 amide bonds. The summed E-state index contributed by atoms with van der Waals surface area (Å²) in [6.45, 7) is 5.31. The fourth-order valence-electron chi connectivity index (χ4n) is 1.11. The molecule has 0 bridgehead atoms. The lowest BCUT2D eigenvalue weighted by atomic mass is 10.2. The molecular formula is C10H15BrN4O3. The van der Waals surface area contributed by atoms with Crippen molar-refractivity contribution in [2.45, 2.75) is 32.9 Å². The molecular weight excluding hydrogens is 304 g/mol. The lowest BCUT2D eigenvalue weighted by Gasteiger charge is -2.19. The average molecular weight is 319 g/mol. The van der Waals surface area contributed by atoms with Crippen molar-refractivity contribution in [2.75, 3.05) is 5.73 Å². The molecule has 0 aliphatic carbocycles. The molecule has 1 rings (SSSR count). The Hall–Kier alpha value is -1.57. The van der Waals surface area contributed by atoms with E-state index in [2.05, 4.69) is 31.2 Å². The molecule has 1 heterocycles. The number of nitrogens with one attached hydrogen (secondary N) is 2. The van der Waals surface area contributed by atoms with Crippen molar-refractivity contribution in [2.24, 2.45) is 0 Å². The number of H-pyrrole nitrogens is 1. The normalized spacial score (nSPS) is 11.1. The van der Waals surface area contributed by atoms with Crippen LogP contribution in [0.3, 0.4) is 0 Å². The van der Waals surface area contributed by atoms with Crippen LogP contribution in [-0.4, -0.2) is 21.7 Å². The second kappa shape index (κ2) is 5.38. The lowest BCUT2D eigenvalue weighted by molar-refractivity contribution is 0.0522. The molecule has 1 aromatic rings. The first-order valence-corrected chi connectivity index (χ1v) is 5.99. The Morgan fingerprint density at radius 3 is 2.72 bits per heavy atom. The van der Waals surface area contributed by atoms with Gasteiger partial charge in [-0.15, -0.1) is 0 Å². The van der Waals surface area contributed by atoms with Gasteiger partial charge in [0, 0.05) is 0 Å². The van der Waals surface area contributed by atoms with Crippen LogP contribution in [0.5, 0.6) is 0 Å². The Morgan fingerprint density at radius 2 is 2.17 bits per heavy atom. The van der Waals surface area contributed by atoms with Gasteiger partial charge in [-0.05, 0) is 36.7 Å². The van der Waals surface area contributed by atoms with Gasteiger partial charge in [0.25, 0.3) is 5.56 Å². The maximum absolute atomic E-state index is 11.4. The predicted octanol–water partition coefficient (Wildman–Crippen LogP) is 1.14. The second-order valence-corrected chi connectivity index (χ2v) is 5.36. The summed E-state index contributed by atoms with van der Waals surface area (Å²) in [6.07, 6.45) is -0.588. The first-order chi connectivity index (χ1) is 8.19. The van der Waals surface area contributed by atoms with Crippen LogP contribution in [-0.2, 0) is 11.3 Å². The van der Waals surface area contributed by atoms with E-state index in [1.807, 2.05) is 0 Å². The molecule has 0 fully saturated rings. The number of nitrogens with zero attached hydrogens (tertiary/aromatic N) is 1. The minimum absolute atomic E-state index is 0.0100. The summed E-state index contributed by atoms with van der Waals surface area (Å²) in [7, 11) is 0. The van der Waals surface area contributed by atoms with Gasteiger partial charge in [0.1, 0.15) is 10.1 Å². The summed E-state index contributed by atoms with van der Waals surface area (Å²) >= 11 is 3.07. The van der Waals surface area contributed by atoms with Crippen molar-refractivity contribution in [1.82, 2.24) is 15.3 Å². The number of carbonyl (C=O) groups is 1. The number of nitrogen functional groups attached to an aromatic ring is 1. The topological polar surface area (TPSA) is 110 Å².